The van der Waals surface area contributed by atoms with E-state index in [4.69, 9.17) is 21.1 Å². The number of carbonyl (C=O) groups excluding carboxylic acids is 3. The summed E-state index contributed by atoms with van der Waals surface area (Å²) in [6.07, 6.45) is 0. The molecular formula is C15H11BrClNO5S. The first-order valence-electron chi connectivity index (χ1n) is 6.57. The molecule has 0 saturated heterocycles. The number of carbonyl (C=O) groups is 3. The summed E-state index contributed by atoms with van der Waals surface area (Å²) >= 11 is 10.2. The first-order chi connectivity index (χ1) is 11.5. The number of ether oxygens (including phenoxy) is 2. The molecule has 0 aliphatic heterocycles. The lowest BCUT2D eigenvalue weighted by Gasteiger charge is -2.08. The number of hydrogen-bond acceptors (Lipinski definition) is 6. The molecule has 2 aromatic rings. The van der Waals surface area contributed by atoms with E-state index >= 15 is 0 Å². The van der Waals surface area contributed by atoms with Gasteiger partial charge in [-0.05, 0) is 45.6 Å². The number of halogens is 2. The monoisotopic (exact) mass is 431 g/mol. The number of nitrogens with one attached hydrogen (secondary N) is 1. The summed E-state index contributed by atoms with van der Waals surface area (Å²) in [5, 5.41) is 4.35. The van der Waals surface area contributed by atoms with Gasteiger partial charge in [0.2, 0.25) is 0 Å². The van der Waals surface area contributed by atoms with Crippen molar-refractivity contribution in [2.24, 2.45) is 0 Å². The van der Waals surface area contributed by atoms with E-state index in [1.807, 2.05) is 0 Å². The van der Waals surface area contributed by atoms with Gasteiger partial charge in [0.05, 0.1) is 9.35 Å². The molecule has 2 rings (SSSR count). The Morgan fingerprint density at radius 1 is 1.21 bits per heavy atom. The standard InChI is InChI=1S/C15H11BrClNO5S/c16-10-6-9(17)3-4-11(10)22-8-14(20)23-7-13(19)18-15(21)12-2-1-5-24-12/h1-6H,7-8H2,(H,18,19,21). The van der Waals surface area contributed by atoms with E-state index in [0.717, 1.165) is 0 Å². The smallest absolute Gasteiger partial charge is 0.344 e. The van der Waals surface area contributed by atoms with Crippen LogP contribution in [0.3, 0.4) is 0 Å². The van der Waals surface area contributed by atoms with Gasteiger partial charge in [-0.3, -0.25) is 14.9 Å². The maximum Gasteiger partial charge on any atom is 0.344 e. The SMILES string of the molecule is O=C(COC(=O)COc1ccc(Cl)cc1Br)NC(=O)c1cccs1. The van der Waals surface area contributed by atoms with Crippen molar-refractivity contribution in [1.82, 2.24) is 5.32 Å². The number of thiophene rings is 1. The summed E-state index contributed by atoms with van der Waals surface area (Å²) < 4.78 is 10.6. The van der Waals surface area contributed by atoms with E-state index in [-0.39, 0.29) is 6.61 Å². The summed E-state index contributed by atoms with van der Waals surface area (Å²) in [4.78, 5) is 35.1. The minimum Gasteiger partial charge on any atom is -0.481 e. The first-order valence-corrected chi connectivity index (χ1v) is 8.62. The molecule has 24 heavy (non-hydrogen) atoms. The van der Waals surface area contributed by atoms with Crippen LogP contribution in [-0.4, -0.2) is 31.0 Å². The highest BCUT2D eigenvalue weighted by Gasteiger charge is 2.14. The molecule has 9 heteroatoms. The van der Waals surface area contributed by atoms with Crippen LogP contribution < -0.4 is 10.1 Å². The van der Waals surface area contributed by atoms with Gasteiger partial charge in [0, 0.05) is 5.02 Å². The van der Waals surface area contributed by atoms with Crippen LogP contribution in [0.15, 0.2) is 40.2 Å². The van der Waals surface area contributed by atoms with E-state index in [1.165, 1.54) is 11.3 Å². The maximum atomic E-state index is 11.6. The van der Waals surface area contributed by atoms with Gasteiger partial charge in [-0.15, -0.1) is 11.3 Å². The minimum atomic E-state index is -0.740. The average molecular weight is 433 g/mol. The van der Waals surface area contributed by atoms with Crippen LogP contribution in [-0.2, 0) is 14.3 Å². The van der Waals surface area contributed by atoms with Crippen molar-refractivity contribution < 1.29 is 23.9 Å². The molecule has 1 heterocycles. The molecular weight excluding hydrogens is 422 g/mol. The summed E-state index contributed by atoms with van der Waals surface area (Å²) in [6.45, 7) is -0.951. The van der Waals surface area contributed by atoms with Gasteiger partial charge >= 0.3 is 5.97 Å². The van der Waals surface area contributed by atoms with Crippen molar-refractivity contribution >= 4 is 56.7 Å². The molecule has 2 amide bonds. The third-order valence-electron chi connectivity index (χ3n) is 2.60. The second kappa shape index (κ2) is 8.81. The van der Waals surface area contributed by atoms with Gasteiger partial charge in [0.1, 0.15) is 5.75 Å². The fourth-order valence-electron chi connectivity index (χ4n) is 1.55. The van der Waals surface area contributed by atoms with Gasteiger partial charge in [-0.1, -0.05) is 17.7 Å². The zero-order valence-corrected chi connectivity index (χ0v) is 15.2. The van der Waals surface area contributed by atoms with Crippen LogP contribution in [0.2, 0.25) is 5.02 Å². The predicted molar refractivity (Wildman–Crippen MR) is 92.4 cm³/mol. The Hall–Kier alpha value is -1.90. The molecule has 0 atom stereocenters. The molecule has 0 bridgehead atoms. The number of esters is 1. The Labute approximate surface area is 154 Å². The third kappa shape index (κ3) is 5.63. The normalized spacial score (nSPS) is 10.1. The summed E-state index contributed by atoms with van der Waals surface area (Å²) in [6, 6.07) is 8.09. The molecule has 6 nitrogen and oxygen atoms in total. The Kier molecular flexibility index (Phi) is 6.77. The molecule has 0 spiro atoms. The number of rotatable bonds is 6. The number of amides is 2. The molecule has 0 aliphatic carbocycles. The lowest BCUT2D eigenvalue weighted by atomic mass is 10.3. The van der Waals surface area contributed by atoms with E-state index in [2.05, 4.69) is 21.2 Å². The topological polar surface area (TPSA) is 81.7 Å². The second-order valence-electron chi connectivity index (χ2n) is 4.38. The predicted octanol–water partition coefficient (Wildman–Crippen LogP) is 3.04. The Bertz CT molecular complexity index is 750. The Balaban J connectivity index is 1.72. The molecule has 0 fully saturated rings. The highest BCUT2D eigenvalue weighted by Crippen LogP contribution is 2.27. The highest BCUT2D eigenvalue weighted by molar-refractivity contribution is 9.10. The average Bonchev–Trinajstić information content (AvgIpc) is 3.06. The lowest BCUT2D eigenvalue weighted by molar-refractivity contribution is -0.150. The van der Waals surface area contributed by atoms with Crippen molar-refractivity contribution in [3.05, 3.63) is 50.1 Å². The Morgan fingerprint density at radius 2 is 2.00 bits per heavy atom. The van der Waals surface area contributed by atoms with E-state index in [1.54, 1.807) is 35.7 Å². The van der Waals surface area contributed by atoms with Crippen molar-refractivity contribution in [3.63, 3.8) is 0 Å². The van der Waals surface area contributed by atoms with E-state index in [9.17, 15) is 14.4 Å². The van der Waals surface area contributed by atoms with Crippen LogP contribution >= 0.6 is 38.9 Å². The summed E-state index contributed by atoms with van der Waals surface area (Å²) in [5.41, 5.74) is 0. The maximum absolute atomic E-state index is 11.6. The largest absolute Gasteiger partial charge is 0.481 e. The molecule has 1 aromatic carbocycles. The fraction of sp³-hybridized carbons (Fsp3) is 0.133. The second-order valence-corrected chi connectivity index (χ2v) is 6.62. The quantitative estimate of drug-likeness (QED) is 0.710. The minimum absolute atomic E-state index is 0.383. The first kappa shape index (κ1) is 18.4. The Morgan fingerprint density at radius 3 is 2.67 bits per heavy atom. The van der Waals surface area contributed by atoms with Crippen molar-refractivity contribution in [2.45, 2.75) is 0 Å². The van der Waals surface area contributed by atoms with E-state index < -0.39 is 24.4 Å². The van der Waals surface area contributed by atoms with E-state index in [0.29, 0.717) is 20.1 Å². The molecule has 0 unspecified atom stereocenters. The third-order valence-corrected chi connectivity index (χ3v) is 4.33. The molecule has 1 N–H and O–H groups in total. The zero-order chi connectivity index (χ0) is 17.5. The highest BCUT2D eigenvalue weighted by atomic mass is 79.9. The van der Waals surface area contributed by atoms with Crippen LogP contribution in [0.1, 0.15) is 9.67 Å². The number of benzene rings is 1. The van der Waals surface area contributed by atoms with Crippen molar-refractivity contribution in [2.75, 3.05) is 13.2 Å². The molecule has 1 aromatic heterocycles. The molecule has 0 aliphatic rings. The fourth-order valence-corrected chi connectivity index (χ4v) is 2.96. The van der Waals surface area contributed by atoms with Gasteiger partial charge in [-0.25, -0.2) is 4.79 Å². The van der Waals surface area contributed by atoms with Crippen LogP contribution in [0, 0.1) is 0 Å². The van der Waals surface area contributed by atoms with Gasteiger partial charge < -0.3 is 9.47 Å². The molecule has 126 valence electrons. The number of imide groups is 1. The molecule has 0 saturated carbocycles. The van der Waals surface area contributed by atoms with Gasteiger partial charge in [0.15, 0.2) is 13.2 Å². The van der Waals surface area contributed by atoms with Crippen LogP contribution in [0.4, 0.5) is 0 Å². The summed E-state index contributed by atoms with van der Waals surface area (Å²) in [5.74, 6) is -1.58. The van der Waals surface area contributed by atoms with Crippen LogP contribution in [0.25, 0.3) is 0 Å². The molecule has 0 radical (unpaired) electrons. The van der Waals surface area contributed by atoms with Crippen molar-refractivity contribution in [3.8, 4) is 5.75 Å². The summed E-state index contributed by atoms with van der Waals surface area (Å²) in [7, 11) is 0. The van der Waals surface area contributed by atoms with Gasteiger partial charge in [0.25, 0.3) is 11.8 Å². The lowest BCUT2D eigenvalue weighted by Crippen LogP contribution is -2.34. The van der Waals surface area contributed by atoms with Crippen molar-refractivity contribution in [1.29, 1.82) is 0 Å². The van der Waals surface area contributed by atoms with Gasteiger partial charge in [-0.2, -0.15) is 0 Å². The van der Waals surface area contributed by atoms with Crippen LogP contribution in [0.5, 0.6) is 5.75 Å². The number of hydrogen-bond donors (Lipinski definition) is 1. The zero-order valence-electron chi connectivity index (χ0n) is 12.1.